The van der Waals surface area contributed by atoms with Crippen molar-refractivity contribution < 1.29 is 14.0 Å². The van der Waals surface area contributed by atoms with Gasteiger partial charge in [0.2, 0.25) is 11.8 Å². The van der Waals surface area contributed by atoms with Crippen LogP contribution in [0.4, 0.5) is 15.8 Å². The third-order valence-electron chi connectivity index (χ3n) is 4.11. The molecule has 0 saturated heterocycles. The summed E-state index contributed by atoms with van der Waals surface area (Å²) in [6, 6.07) is 12.6. The van der Waals surface area contributed by atoms with Crippen molar-refractivity contribution in [3.63, 3.8) is 0 Å². The Kier molecular flexibility index (Phi) is 7.34. The van der Waals surface area contributed by atoms with Crippen molar-refractivity contribution >= 4 is 23.2 Å². The fraction of sp³-hybridized carbons (Fsp3) is 0.333. The molecule has 0 bridgehead atoms. The summed E-state index contributed by atoms with van der Waals surface area (Å²) >= 11 is 0. The molecule has 2 amide bonds. The first kappa shape index (κ1) is 20.4. The minimum Gasteiger partial charge on any atom is -0.376 e. The van der Waals surface area contributed by atoms with Crippen LogP contribution in [-0.2, 0) is 16.0 Å². The van der Waals surface area contributed by atoms with Crippen molar-refractivity contribution in [1.82, 2.24) is 5.32 Å². The fourth-order valence-electron chi connectivity index (χ4n) is 2.58. The van der Waals surface area contributed by atoms with Crippen molar-refractivity contribution in [2.24, 2.45) is 0 Å². The second-order valence-corrected chi connectivity index (χ2v) is 6.73. The molecule has 0 aliphatic rings. The zero-order chi connectivity index (χ0) is 19.8. The minimum atomic E-state index is -0.524. The molecule has 0 saturated carbocycles. The lowest BCUT2D eigenvalue weighted by Gasteiger charge is -2.11. The highest BCUT2D eigenvalue weighted by atomic mass is 19.1. The summed E-state index contributed by atoms with van der Waals surface area (Å²) in [5.74, 6) is -0.532. The normalized spacial score (nSPS) is 10.6. The molecule has 2 aromatic rings. The summed E-state index contributed by atoms with van der Waals surface area (Å²) in [5.41, 5.74) is 3.10. The molecule has 27 heavy (non-hydrogen) atoms. The maximum atomic E-state index is 13.6. The fourth-order valence-corrected chi connectivity index (χ4v) is 2.58. The Morgan fingerprint density at radius 3 is 2.41 bits per heavy atom. The second-order valence-electron chi connectivity index (χ2n) is 6.73. The van der Waals surface area contributed by atoms with Crippen LogP contribution in [0.5, 0.6) is 0 Å². The molecule has 3 N–H and O–H groups in total. The van der Waals surface area contributed by atoms with Gasteiger partial charge in [-0.3, -0.25) is 9.59 Å². The third-order valence-corrected chi connectivity index (χ3v) is 4.11. The summed E-state index contributed by atoms with van der Waals surface area (Å²) in [7, 11) is 0. The van der Waals surface area contributed by atoms with Gasteiger partial charge in [0.1, 0.15) is 5.82 Å². The number of benzene rings is 2. The van der Waals surface area contributed by atoms with Crippen LogP contribution in [0.3, 0.4) is 0 Å². The molecule has 0 aromatic heterocycles. The van der Waals surface area contributed by atoms with E-state index in [0.29, 0.717) is 18.2 Å². The summed E-state index contributed by atoms with van der Waals surface area (Å²) < 4.78 is 13.6. The quantitative estimate of drug-likeness (QED) is 0.663. The highest BCUT2D eigenvalue weighted by molar-refractivity contribution is 5.89. The van der Waals surface area contributed by atoms with E-state index in [1.54, 1.807) is 0 Å². The van der Waals surface area contributed by atoms with E-state index in [9.17, 15) is 14.0 Å². The van der Waals surface area contributed by atoms with E-state index >= 15 is 0 Å². The Balaban J connectivity index is 1.77. The predicted molar refractivity (Wildman–Crippen MR) is 106 cm³/mol. The van der Waals surface area contributed by atoms with E-state index in [1.807, 2.05) is 0 Å². The number of halogens is 1. The molecule has 0 unspecified atom stereocenters. The zero-order valence-electron chi connectivity index (χ0n) is 15.9. The Hall–Kier alpha value is -2.89. The van der Waals surface area contributed by atoms with E-state index in [0.717, 1.165) is 6.42 Å². The standard InChI is InChI=1S/C21H26FN3O2/c1-14(2)17-6-4-16(5-7-17)10-11-23-21(27)13-24-18-8-9-19(22)20(12-18)25-15(3)26/h4-9,12,14,24H,10-11,13H2,1-3H3,(H,23,27)(H,25,26). The van der Waals surface area contributed by atoms with Gasteiger partial charge in [0.05, 0.1) is 12.2 Å². The van der Waals surface area contributed by atoms with E-state index in [4.69, 9.17) is 0 Å². The molecule has 5 nitrogen and oxygen atoms in total. The molecule has 0 aliphatic carbocycles. The monoisotopic (exact) mass is 371 g/mol. The number of nitrogens with one attached hydrogen (secondary N) is 3. The molecule has 0 spiro atoms. The molecule has 0 fully saturated rings. The molecular weight excluding hydrogens is 345 g/mol. The number of hydrogen-bond acceptors (Lipinski definition) is 3. The van der Waals surface area contributed by atoms with Crippen LogP contribution in [0, 0.1) is 5.82 Å². The van der Waals surface area contributed by atoms with Crippen LogP contribution >= 0.6 is 0 Å². The van der Waals surface area contributed by atoms with Crippen molar-refractivity contribution in [3.05, 3.63) is 59.4 Å². The molecule has 2 aromatic carbocycles. The van der Waals surface area contributed by atoms with Gasteiger partial charge in [0, 0.05) is 19.2 Å². The summed E-state index contributed by atoms with van der Waals surface area (Å²) in [6.07, 6.45) is 0.757. The van der Waals surface area contributed by atoms with Crippen molar-refractivity contribution in [1.29, 1.82) is 0 Å². The number of hydrogen-bond donors (Lipinski definition) is 3. The number of anilines is 2. The molecule has 144 valence electrons. The van der Waals surface area contributed by atoms with Gasteiger partial charge in [0.15, 0.2) is 0 Å². The first-order valence-electron chi connectivity index (χ1n) is 9.01. The number of rotatable bonds is 8. The van der Waals surface area contributed by atoms with Crippen molar-refractivity contribution in [2.75, 3.05) is 23.7 Å². The van der Waals surface area contributed by atoms with Gasteiger partial charge in [-0.2, -0.15) is 0 Å². The van der Waals surface area contributed by atoms with E-state index in [1.165, 1.54) is 36.2 Å². The number of carbonyl (C=O) groups excluding carboxylic acids is 2. The van der Waals surface area contributed by atoms with Gasteiger partial charge >= 0.3 is 0 Å². The van der Waals surface area contributed by atoms with Gasteiger partial charge in [0.25, 0.3) is 0 Å². The molecular formula is C21H26FN3O2. The summed E-state index contributed by atoms with van der Waals surface area (Å²) in [5, 5.41) is 8.19. The van der Waals surface area contributed by atoms with Gasteiger partial charge in [-0.15, -0.1) is 0 Å². The second kappa shape index (κ2) is 9.71. The largest absolute Gasteiger partial charge is 0.376 e. The smallest absolute Gasteiger partial charge is 0.239 e. The first-order chi connectivity index (χ1) is 12.8. The highest BCUT2D eigenvalue weighted by Crippen LogP contribution is 2.19. The maximum absolute atomic E-state index is 13.6. The van der Waals surface area contributed by atoms with Crippen LogP contribution in [0.15, 0.2) is 42.5 Å². The highest BCUT2D eigenvalue weighted by Gasteiger charge is 2.07. The summed E-state index contributed by atoms with van der Waals surface area (Å²) in [6.45, 7) is 6.23. The molecule has 6 heteroatoms. The Labute approximate surface area is 159 Å². The van der Waals surface area contributed by atoms with Crippen LogP contribution < -0.4 is 16.0 Å². The molecule has 2 rings (SSSR count). The number of amides is 2. The minimum absolute atomic E-state index is 0.0669. The molecule has 0 atom stereocenters. The molecule has 0 radical (unpaired) electrons. The lowest BCUT2D eigenvalue weighted by atomic mass is 10.0. The molecule has 0 heterocycles. The SMILES string of the molecule is CC(=O)Nc1cc(NCC(=O)NCCc2ccc(C(C)C)cc2)ccc1F. The number of carbonyl (C=O) groups is 2. The van der Waals surface area contributed by atoms with Crippen molar-refractivity contribution in [3.8, 4) is 0 Å². The van der Waals surface area contributed by atoms with Gasteiger partial charge in [-0.1, -0.05) is 38.1 Å². The first-order valence-corrected chi connectivity index (χ1v) is 9.01. The van der Waals surface area contributed by atoms with Gasteiger partial charge in [-0.25, -0.2) is 4.39 Å². The molecule has 0 aliphatic heterocycles. The Bertz CT molecular complexity index is 789. The zero-order valence-corrected chi connectivity index (χ0v) is 15.9. The lowest BCUT2D eigenvalue weighted by Crippen LogP contribution is -2.31. The van der Waals surface area contributed by atoms with Crippen LogP contribution in [0.1, 0.15) is 37.8 Å². The third kappa shape index (κ3) is 6.73. The topological polar surface area (TPSA) is 70.2 Å². The summed E-state index contributed by atoms with van der Waals surface area (Å²) in [4.78, 5) is 23.0. The van der Waals surface area contributed by atoms with Gasteiger partial charge < -0.3 is 16.0 Å². The van der Waals surface area contributed by atoms with E-state index in [-0.39, 0.29) is 24.0 Å². The van der Waals surface area contributed by atoms with Gasteiger partial charge in [-0.05, 0) is 41.7 Å². The van der Waals surface area contributed by atoms with Crippen LogP contribution in [-0.4, -0.2) is 24.9 Å². The Morgan fingerprint density at radius 2 is 1.78 bits per heavy atom. The Morgan fingerprint density at radius 1 is 1.07 bits per heavy atom. The average Bonchev–Trinajstić information content (AvgIpc) is 2.62. The van der Waals surface area contributed by atoms with E-state index < -0.39 is 5.82 Å². The van der Waals surface area contributed by atoms with Crippen molar-refractivity contribution in [2.45, 2.75) is 33.1 Å². The average molecular weight is 371 g/mol. The maximum Gasteiger partial charge on any atom is 0.239 e. The van der Waals surface area contributed by atoms with Crippen LogP contribution in [0.25, 0.3) is 0 Å². The lowest BCUT2D eigenvalue weighted by molar-refractivity contribution is -0.119. The van der Waals surface area contributed by atoms with E-state index in [2.05, 4.69) is 54.1 Å². The predicted octanol–water partition coefficient (Wildman–Crippen LogP) is 3.68. The van der Waals surface area contributed by atoms with Crippen LogP contribution in [0.2, 0.25) is 0 Å².